The van der Waals surface area contributed by atoms with E-state index in [1.807, 2.05) is 0 Å². The maximum atomic E-state index is 12.4. The molecule has 7 nitrogen and oxygen atoms in total. The quantitative estimate of drug-likeness (QED) is 0.842. The molecule has 1 aliphatic heterocycles. The van der Waals surface area contributed by atoms with Gasteiger partial charge in [-0.2, -0.15) is 9.57 Å². The van der Waals surface area contributed by atoms with E-state index in [2.05, 4.69) is 4.98 Å². The number of hydrogen-bond donors (Lipinski definition) is 1. The summed E-state index contributed by atoms with van der Waals surface area (Å²) in [5, 5.41) is 17.9. The fourth-order valence-electron chi connectivity index (χ4n) is 1.67. The van der Waals surface area contributed by atoms with Gasteiger partial charge in [0.2, 0.25) is 10.0 Å². The number of nitrogens with zero attached hydrogens (tertiary/aromatic N) is 3. The lowest BCUT2D eigenvalue weighted by Crippen LogP contribution is -2.41. The Hall–Kier alpha value is -1.63. The molecule has 9 heteroatoms. The lowest BCUT2D eigenvalue weighted by atomic mass is 10.4. The van der Waals surface area contributed by atoms with E-state index in [4.69, 9.17) is 10.4 Å². The predicted molar refractivity (Wildman–Crippen MR) is 66.7 cm³/mol. The van der Waals surface area contributed by atoms with Gasteiger partial charge < -0.3 is 5.11 Å². The smallest absolute Gasteiger partial charge is 0.322 e. The van der Waals surface area contributed by atoms with Crippen LogP contribution in [0.3, 0.4) is 0 Å². The second kappa shape index (κ2) is 5.16. The molecule has 1 atom stereocenters. The highest BCUT2D eigenvalue weighted by Crippen LogP contribution is 2.29. The van der Waals surface area contributed by atoms with Crippen molar-refractivity contribution >= 4 is 27.8 Å². The molecule has 0 aromatic carbocycles. The minimum atomic E-state index is -4.03. The molecule has 1 aliphatic rings. The average molecular weight is 299 g/mol. The highest BCUT2D eigenvalue weighted by Gasteiger charge is 2.41. The Morgan fingerprint density at radius 2 is 2.37 bits per heavy atom. The Balaban J connectivity index is 2.49. The Kier molecular flexibility index (Phi) is 3.75. The fourth-order valence-corrected chi connectivity index (χ4v) is 4.90. The van der Waals surface area contributed by atoms with Gasteiger partial charge in [0, 0.05) is 11.9 Å². The molecule has 0 aliphatic carbocycles. The van der Waals surface area contributed by atoms with Crippen LogP contribution in [0.2, 0.25) is 0 Å². The second-order valence-electron chi connectivity index (χ2n) is 3.71. The SMILES string of the molecule is N#Cc1ncccc1S(=O)(=O)N1CSC[C@H]1C(=O)O. The van der Waals surface area contributed by atoms with E-state index >= 15 is 0 Å². The summed E-state index contributed by atoms with van der Waals surface area (Å²) in [6.07, 6.45) is 1.31. The molecule has 1 aromatic heterocycles. The van der Waals surface area contributed by atoms with Crippen molar-refractivity contribution in [3.05, 3.63) is 24.0 Å². The summed E-state index contributed by atoms with van der Waals surface area (Å²) < 4.78 is 25.7. The van der Waals surface area contributed by atoms with E-state index in [1.54, 1.807) is 6.07 Å². The van der Waals surface area contributed by atoms with Gasteiger partial charge in [-0.3, -0.25) is 4.79 Å². The molecule has 0 bridgehead atoms. The summed E-state index contributed by atoms with van der Waals surface area (Å²) in [4.78, 5) is 14.5. The number of carboxylic acid groups (broad SMARTS) is 1. The number of aliphatic carboxylic acids is 1. The first-order valence-corrected chi connectivity index (χ1v) is 7.75. The molecule has 1 saturated heterocycles. The number of carbonyl (C=O) groups is 1. The normalized spacial score (nSPS) is 20.1. The van der Waals surface area contributed by atoms with Crippen LogP contribution < -0.4 is 0 Å². The molecule has 0 unspecified atom stereocenters. The number of nitriles is 1. The van der Waals surface area contributed by atoms with E-state index < -0.39 is 22.0 Å². The molecule has 2 rings (SSSR count). The van der Waals surface area contributed by atoms with Crippen LogP contribution in [0.1, 0.15) is 5.69 Å². The van der Waals surface area contributed by atoms with Crippen LogP contribution in [0.4, 0.5) is 0 Å². The molecular weight excluding hydrogens is 290 g/mol. The van der Waals surface area contributed by atoms with E-state index in [9.17, 15) is 13.2 Å². The Morgan fingerprint density at radius 3 is 3.00 bits per heavy atom. The van der Waals surface area contributed by atoms with Gasteiger partial charge in [-0.05, 0) is 12.1 Å². The van der Waals surface area contributed by atoms with Gasteiger partial charge in [0.15, 0.2) is 5.69 Å². The van der Waals surface area contributed by atoms with Crippen molar-refractivity contribution in [2.45, 2.75) is 10.9 Å². The molecule has 2 heterocycles. The largest absolute Gasteiger partial charge is 0.480 e. The summed E-state index contributed by atoms with van der Waals surface area (Å²) in [5.41, 5.74) is -0.233. The summed E-state index contributed by atoms with van der Waals surface area (Å²) in [6, 6.07) is 3.24. The Bertz CT molecular complexity index is 653. The maximum Gasteiger partial charge on any atom is 0.322 e. The Labute approximate surface area is 113 Å². The zero-order chi connectivity index (χ0) is 14.0. The molecule has 0 radical (unpaired) electrons. The van der Waals surface area contributed by atoms with Crippen molar-refractivity contribution < 1.29 is 18.3 Å². The first-order chi connectivity index (χ1) is 8.98. The first-order valence-electron chi connectivity index (χ1n) is 5.16. The lowest BCUT2D eigenvalue weighted by molar-refractivity contribution is -0.140. The van der Waals surface area contributed by atoms with E-state index in [1.165, 1.54) is 30.1 Å². The average Bonchev–Trinajstić information content (AvgIpc) is 2.88. The van der Waals surface area contributed by atoms with Crippen molar-refractivity contribution in [2.24, 2.45) is 0 Å². The third-order valence-electron chi connectivity index (χ3n) is 2.59. The number of hydrogen-bond acceptors (Lipinski definition) is 6. The van der Waals surface area contributed by atoms with Crippen LogP contribution in [0.15, 0.2) is 23.2 Å². The fraction of sp³-hybridized carbons (Fsp3) is 0.300. The molecule has 1 N–H and O–H groups in total. The molecule has 0 spiro atoms. The number of aromatic nitrogens is 1. The topological polar surface area (TPSA) is 111 Å². The minimum absolute atomic E-state index is 0.0546. The lowest BCUT2D eigenvalue weighted by Gasteiger charge is -2.20. The summed E-state index contributed by atoms with van der Waals surface area (Å²) in [7, 11) is -4.03. The van der Waals surface area contributed by atoms with Crippen molar-refractivity contribution in [3.63, 3.8) is 0 Å². The second-order valence-corrected chi connectivity index (χ2v) is 6.57. The number of rotatable bonds is 3. The number of thioether (sulfide) groups is 1. The summed E-state index contributed by atoms with van der Waals surface area (Å²) in [5.74, 6) is -0.952. The highest BCUT2D eigenvalue weighted by molar-refractivity contribution is 8.00. The molecule has 1 fully saturated rings. The predicted octanol–water partition coefficient (Wildman–Crippen LogP) is 0.101. The van der Waals surface area contributed by atoms with Crippen LogP contribution in [0.25, 0.3) is 0 Å². The van der Waals surface area contributed by atoms with Crippen molar-refractivity contribution in [3.8, 4) is 6.07 Å². The van der Waals surface area contributed by atoms with E-state index in [0.29, 0.717) is 0 Å². The highest BCUT2D eigenvalue weighted by atomic mass is 32.2. The Morgan fingerprint density at radius 1 is 1.63 bits per heavy atom. The first kappa shape index (κ1) is 13.8. The third kappa shape index (κ3) is 2.42. The van der Waals surface area contributed by atoms with Crippen LogP contribution in [-0.4, -0.2) is 46.5 Å². The molecule has 100 valence electrons. The van der Waals surface area contributed by atoms with Crippen LogP contribution in [0, 0.1) is 11.3 Å². The third-order valence-corrected chi connectivity index (χ3v) is 5.65. The number of carboxylic acids is 1. The summed E-state index contributed by atoms with van der Waals surface area (Å²) >= 11 is 1.22. The molecule has 19 heavy (non-hydrogen) atoms. The van der Waals surface area contributed by atoms with Gasteiger partial charge >= 0.3 is 5.97 Å². The van der Waals surface area contributed by atoms with Gasteiger partial charge in [-0.25, -0.2) is 13.4 Å². The van der Waals surface area contributed by atoms with Gasteiger partial charge in [0.05, 0.1) is 5.88 Å². The molecule has 0 saturated carbocycles. The van der Waals surface area contributed by atoms with Crippen LogP contribution >= 0.6 is 11.8 Å². The zero-order valence-electron chi connectivity index (χ0n) is 9.55. The molecular formula is C10H9N3O4S2. The number of pyridine rings is 1. The zero-order valence-corrected chi connectivity index (χ0v) is 11.2. The summed E-state index contributed by atoms with van der Waals surface area (Å²) in [6.45, 7) is 0. The van der Waals surface area contributed by atoms with E-state index in [0.717, 1.165) is 4.31 Å². The molecule has 0 amide bonds. The van der Waals surface area contributed by atoms with Crippen molar-refractivity contribution in [1.29, 1.82) is 5.26 Å². The van der Waals surface area contributed by atoms with Gasteiger partial charge in [0.25, 0.3) is 0 Å². The van der Waals surface area contributed by atoms with Crippen molar-refractivity contribution in [1.82, 2.24) is 9.29 Å². The van der Waals surface area contributed by atoms with Gasteiger partial charge in [0.1, 0.15) is 17.0 Å². The maximum absolute atomic E-state index is 12.4. The van der Waals surface area contributed by atoms with Crippen LogP contribution in [-0.2, 0) is 14.8 Å². The standard InChI is InChI=1S/C10H9N3O4S2/c11-4-7-9(2-1-3-12-7)19(16,17)13-6-18-5-8(13)10(14)15/h1-3,8H,5-6H2,(H,14,15)/t8-/m0/s1. The van der Waals surface area contributed by atoms with Gasteiger partial charge in [-0.15, -0.1) is 11.8 Å². The van der Waals surface area contributed by atoms with E-state index in [-0.39, 0.29) is 22.2 Å². The monoisotopic (exact) mass is 299 g/mol. The number of sulfonamides is 1. The van der Waals surface area contributed by atoms with Crippen LogP contribution in [0.5, 0.6) is 0 Å². The van der Waals surface area contributed by atoms with Crippen molar-refractivity contribution in [2.75, 3.05) is 11.6 Å². The molecule has 1 aromatic rings. The van der Waals surface area contributed by atoms with Gasteiger partial charge in [-0.1, -0.05) is 0 Å². The minimum Gasteiger partial charge on any atom is -0.480 e.